The topological polar surface area (TPSA) is 124 Å². The summed E-state index contributed by atoms with van der Waals surface area (Å²) in [5.74, 6) is 2.38. The SMILES string of the molecule is COCC(=O)NC1CCC(NC(=O)c2c(C)[nH]c3c(-c4c(OCC5CC5)ccc5c4OCO5)ccnc23)CC1. The first-order valence-corrected chi connectivity index (χ1v) is 13.6. The summed E-state index contributed by atoms with van der Waals surface area (Å²) >= 11 is 0. The Kier molecular flexibility index (Phi) is 7.03. The third-order valence-corrected chi connectivity index (χ3v) is 7.75. The number of H-pyrrole nitrogens is 1. The van der Waals surface area contributed by atoms with Gasteiger partial charge < -0.3 is 34.6 Å². The van der Waals surface area contributed by atoms with Crippen molar-refractivity contribution >= 4 is 22.8 Å². The first-order valence-electron chi connectivity index (χ1n) is 13.6. The van der Waals surface area contributed by atoms with Crippen molar-refractivity contribution in [3.63, 3.8) is 0 Å². The Labute approximate surface area is 226 Å². The molecule has 39 heavy (non-hydrogen) atoms. The number of hydrogen-bond acceptors (Lipinski definition) is 7. The molecule has 206 valence electrons. The second kappa shape index (κ2) is 10.8. The van der Waals surface area contributed by atoms with Crippen LogP contribution in [0.2, 0.25) is 0 Å². The molecule has 2 aromatic heterocycles. The van der Waals surface area contributed by atoms with Crippen LogP contribution in [-0.4, -0.2) is 61.0 Å². The zero-order chi connectivity index (χ0) is 26.9. The fourth-order valence-corrected chi connectivity index (χ4v) is 5.55. The molecule has 3 N–H and O–H groups in total. The van der Waals surface area contributed by atoms with E-state index >= 15 is 0 Å². The Morgan fingerprint density at radius 2 is 1.82 bits per heavy atom. The third-order valence-electron chi connectivity index (χ3n) is 7.75. The number of carbonyl (C=O) groups excluding carboxylic acids is 2. The number of benzene rings is 1. The van der Waals surface area contributed by atoms with Gasteiger partial charge in [-0.15, -0.1) is 0 Å². The molecule has 2 fully saturated rings. The molecule has 0 saturated heterocycles. The van der Waals surface area contributed by atoms with Crippen molar-refractivity contribution in [2.45, 2.75) is 57.5 Å². The quantitative estimate of drug-likeness (QED) is 0.381. The van der Waals surface area contributed by atoms with Crippen molar-refractivity contribution < 1.29 is 28.5 Å². The van der Waals surface area contributed by atoms with Gasteiger partial charge in [-0.25, -0.2) is 0 Å². The monoisotopic (exact) mass is 534 g/mol. The van der Waals surface area contributed by atoms with E-state index in [0.717, 1.165) is 53.8 Å². The molecule has 2 amide bonds. The summed E-state index contributed by atoms with van der Waals surface area (Å²) < 4.78 is 22.7. The molecule has 0 spiro atoms. The maximum absolute atomic E-state index is 13.5. The molecule has 1 aromatic carbocycles. The van der Waals surface area contributed by atoms with E-state index < -0.39 is 0 Å². The summed E-state index contributed by atoms with van der Waals surface area (Å²) in [7, 11) is 1.51. The Bertz CT molecular complexity index is 1390. The van der Waals surface area contributed by atoms with E-state index in [4.69, 9.17) is 18.9 Å². The second-order valence-electron chi connectivity index (χ2n) is 10.7. The molecule has 6 rings (SSSR count). The van der Waals surface area contributed by atoms with Crippen LogP contribution in [0.5, 0.6) is 17.2 Å². The number of aryl methyl sites for hydroxylation is 1. The number of methoxy groups -OCH3 is 1. The minimum Gasteiger partial charge on any atom is -0.493 e. The molecule has 10 nitrogen and oxygen atoms in total. The van der Waals surface area contributed by atoms with Gasteiger partial charge >= 0.3 is 0 Å². The van der Waals surface area contributed by atoms with Crippen molar-refractivity contribution in [1.82, 2.24) is 20.6 Å². The van der Waals surface area contributed by atoms with Crippen LogP contribution in [0.4, 0.5) is 0 Å². The Balaban J connectivity index is 1.24. The van der Waals surface area contributed by atoms with Gasteiger partial charge in [0.15, 0.2) is 11.5 Å². The Morgan fingerprint density at radius 3 is 2.56 bits per heavy atom. The highest BCUT2D eigenvalue weighted by Crippen LogP contribution is 2.49. The first-order chi connectivity index (χ1) is 19.0. The molecular formula is C29H34N4O6. The molecule has 0 atom stereocenters. The van der Waals surface area contributed by atoms with Crippen LogP contribution in [0, 0.1) is 12.8 Å². The molecule has 0 bridgehead atoms. The fraction of sp³-hybridized carbons (Fsp3) is 0.483. The number of hydrogen-bond donors (Lipinski definition) is 3. The molecule has 3 heterocycles. The Hall–Kier alpha value is -3.79. The van der Waals surface area contributed by atoms with E-state index in [-0.39, 0.29) is 37.3 Å². The van der Waals surface area contributed by atoms with Gasteiger partial charge in [0.05, 0.1) is 23.3 Å². The van der Waals surface area contributed by atoms with Crippen LogP contribution in [-0.2, 0) is 9.53 Å². The van der Waals surface area contributed by atoms with Crippen LogP contribution in [0.15, 0.2) is 24.4 Å². The largest absolute Gasteiger partial charge is 0.493 e. The number of nitrogens with zero attached hydrogens (tertiary/aromatic N) is 1. The zero-order valence-corrected chi connectivity index (χ0v) is 22.3. The molecular weight excluding hydrogens is 500 g/mol. The molecule has 1 aliphatic heterocycles. The number of ether oxygens (including phenoxy) is 4. The second-order valence-corrected chi connectivity index (χ2v) is 10.7. The first kappa shape index (κ1) is 25.5. The number of nitrogens with one attached hydrogen (secondary N) is 3. The summed E-state index contributed by atoms with van der Waals surface area (Å²) in [6.45, 7) is 2.77. The van der Waals surface area contributed by atoms with Gasteiger partial charge in [-0.05, 0) is 69.6 Å². The molecule has 0 radical (unpaired) electrons. The van der Waals surface area contributed by atoms with Crippen molar-refractivity contribution in [3.05, 3.63) is 35.7 Å². The number of fused-ring (bicyclic) bond motifs is 2. The van der Waals surface area contributed by atoms with Gasteiger partial charge in [0, 0.05) is 36.6 Å². The minimum absolute atomic E-state index is 0.0333. The summed E-state index contributed by atoms with van der Waals surface area (Å²) in [6.07, 6.45) is 7.30. The van der Waals surface area contributed by atoms with Gasteiger partial charge in [-0.2, -0.15) is 0 Å². The highest BCUT2D eigenvalue weighted by molar-refractivity contribution is 6.10. The number of aromatic amines is 1. The number of aromatic nitrogens is 2. The lowest BCUT2D eigenvalue weighted by molar-refractivity contribution is -0.125. The maximum Gasteiger partial charge on any atom is 0.255 e. The molecule has 2 saturated carbocycles. The number of amides is 2. The summed E-state index contributed by atoms with van der Waals surface area (Å²) in [5, 5.41) is 6.20. The van der Waals surface area contributed by atoms with E-state index in [0.29, 0.717) is 35.1 Å². The third kappa shape index (κ3) is 5.25. The summed E-state index contributed by atoms with van der Waals surface area (Å²) in [6, 6.07) is 5.86. The van der Waals surface area contributed by atoms with E-state index in [1.54, 1.807) is 6.20 Å². The van der Waals surface area contributed by atoms with Crippen LogP contribution >= 0.6 is 0 Å². The smallest absolute Gasteiger partial charge is 0.255 e. The molecule has 0 unspecified atom stereocenters. The Morgan fingerprint density at radius 1 is 1.05 bits per heavy atom. The zero-order valence-electron chi connectivity index (χ0n) is 22.3. The molecule has 3 aromatic rings. The van der Waals surface area contributed by atoms with Crippen molar-refractivity contribution in [1.29, 1.82) is 0 Å². The van der Waals surface area contributed by atoms with Crippen molar-refractivity contribution in [2.75, 3.05) is 27.1 Å². The van der Waals surface area contributed by atoms with Gasteiger partial charge in [-0.3, -0.25) is 14.6 Å². The van der Waals surface area contributed by atoms with Gasteiger partial charge in [0.1, 0.15) is 17.9 Å². The van der Waals surface area contributed by atoms with Crippen LogP contribution in [0.25, 0.3) is 22.2 Å². The lowest BCUT2D eigenvalue weighted by Crippen LogP contribution is -2.44. The molecule has 2 aliphatic carbocycles. The van der Waals surface area contributed by atoms with Gasteiger partial charge in [0.2, 0.25) is 12.7 Å². The van der Waals surface area contributed by atoms with E-state index in [2.05, 4.69) is 20.6 Å². The number of carbonyl (C=O) groups is 2. The average Bonchev–Trinajstić information content (AvgIpc) is 3.51. The lowest BCUT2D eigenvalue weighted by Gasteiger charge is -2.29. The average molecular weight is 535 g/mol. The van der Waals surface area contributed by atoms with Crippen LogP contribution < -0.4 is 24.8 Å². The minimum atomic E-state index is -0.154. The summed E-state index contributed by atoms with van der Waals surface area (Å²) in [4.78, 5) is 33.4. The fourth-order valence-electron chi connectivity index (χ4n) is 5.55. The van der Waals surface area contributed by atoms with Crippen LogP contribution in [0.3, 0.4) is 0 Å². The van der Waals surface area contributed by atoms with E-state index in [9.17, 15) is 9.59 Å². The standard InChI is InChI=1S/C29H34N4O6/c1-16-24(29(35)33-19-7-5-18(6-8-19)32-23(34)14-36-2)27-26(31-16)20(11-12-30-27)25-21(37-13-17-3-4-17)9-10-22-28(25)39-15-38-22/h9-12,17-19,31H,3-8,13-15H2,1-2H3,(H,32,34)(H,33,35). The highest BCUT2D eigenvalue weighted by Gasteiger charge is 2.30. The van der Waals surface area contributed by atoms with Crippen molar-refractivity contribution in [2.24, 2.45) is 5.92 Å². The molecule has 3 aliphatic rings. The number of pyridine rings is 1. The van der Waals surface area contributed by atoms with Crippen molar-refractivity contribution in [3.8, 4) is 28.4 Å². The predicted molar refractivity (Wildman–Crippen MR) is 144 cm³/mol. The van der Waals surface area contributed by atoms with E-state index in [1.165, 1.54) is 20.0 Å². The molecule has 10 heteroatoms. The van der Waals surface area contributed by atoms with E-state index in [1.807, 2.05) is 25.1 Å². The van der Waals surface area contributed by atoms with Gasteiger partial charge in [0.25, 0.3) is 5.91 Å². The lowest BCUT2D eigenvalue weighted by atomic mass is 9.91. The van der Waals surface area contributed by atoms with Gasteiger partial charge in [-0.1, -0.05) is 0 Å². The predicted octanol–water partition coefficient (Wildman–Crippen LogP) is 3.86. The maximum atomic E-state index is 13.5. The highest BCUT2D eigenvalue weighted by atomic mass is 16.7. The normalized spacial score (nSPS) is 20.2. The van der Waals surface area contributed by atoms with Crippen LogP contribution in [0.1, 0.15) is 54.6 Å². The number of rotatable bonds is 9. The summed E-state index contributed by atoms with van der Waals surface area (Å²) in [5.41, 5.74) is 4.29.